The predicted octanol–water partition coefficient (Wildman–Crippen LogP) is 6.42. The molecular formula is C22H19IN2O3. The van der Waals surface area contributed by atoms with Gasteiger partial charge in [-0.25, -0.2) is 0 Å². The van der Waals surface area contributed by atoms with E-state index in [1.807, 2.05) is 50.2 Å². The second-order valence-corrected chi connectivity index (χ2v) is 8.57. The summed E-state index contributed by atoms with van der Waals surface area (Å²) in [5.41, 5.74) is 2.69. The normalized spacial score (nSPS) is 14.1. The summed E-state index contributed by atoms with van der Waals surface area (Å²) in [6, 6.07) is 14.0. The first kappa shape index (κ1) is 17.7. The number of furan rings is 1. The van der Waals surface area contributed by atoms with Crippen LogP contribution in [0.5, 0.6) is 5.75 Å². The molecule has 0 aliphatic heterocycles. The van der Waals surface area contributed by atoms with Crippen molar-refractivity contribution in [2.45, 2.75) is 38.7 Å². The van der Waals surface area contributed by atoms with E-state index in [4.69, 9.17) is 13.7 Å². The van der Waals surface area contributed by atoms with E-state index in [-0.39, 0.29) is 6.10 Å². The third kappa shape index (κ3) is 3.41. The molecule has 5 nitrogen and oxygen atoms in total. The minimum absolute atomic E-state index is 0.134. The van der Waals surface area contributed by atoms with Crippen molar-refractivity contribution in [3.8, 4) is 28.6 Å². The van der Waals surface area contributed by atoms with Gasteiger partial charge in [0.1, 0.15) is 17.1 Å². The number of hydrogen-bond donors (Lipinski definition) is 0. The van der Waals surface area contributed by atoms with Crippen LogP contribution < -0.4 is 4.74 Å². The molecule has 6 heteroatoms. The zero-order valence-electron chi connectivity index (χ0n) is 15.6. The number of ether oxygens (including phenoxy) is 1. The maximum Gasteiger partial charge on any atom is 0.258 e. The molecule has 0 unspecified atom stereocenters. The van der Waals surface area contributed by atoms with Crippen LogP contribution in [0.1, 0.15) is 38.4 Å². The highest BCUT2D eigenvalue weighted by molar-refractivity contribution is 14.1. The molecule has 4 aromatic rings. The van der Waals surface area contributed by atoms with Crippen LogP contribution in [0.2, 0.25) is 0 Å². The van der Waals surface area contributed by atoms with E-state index in [0.717, 1.165) is 37.2 Å². The zero-order chi connectivity index (χ0) is 19.3. The molecule has 28 heavy (non-hydrogen) atoms. The summed E-state index contributed by atoms with van der Waals surface area (Å²) in [6.45, 7) is 4.03. The zero-order valence-corrected chi connectivity index (χ0v) is 17.8. The Bertz CT molecular complexity index is 1160. The molecule has 0 saturated heterocycles. The lowest BCUT2D eigenvalue weighted by molar-refractivity contribution is 0.240. The molecule has 0 N–H and O–H groups in total. The van der Waals surface area contributed by atoms with Gasteiger partial charge < -0.3 is 13.7 Å². The van der Waals surface area contributed by atoms with Crippen LogP contribution >= 0.6 is 22.6 Å². The molecule has 2 heterocycles. The van der Waals surface area contributed by atoms with Crippen molar-refractivity contribution >= 4 is 33.6 Å². The lowest BCUT2D eigenvalue weighted by Crippen LogP contribution is -2.06. The van der Waals surface area contributed by atoms with Gasteiger partial charge in [0.15, 0.2) is 0 Å². The summed E-state index contributed by atoms with van der Waals surface area (Å²) in [6.07, 6.45) is 2.58. The minimum Gasteiger partial charge on any atom is -0.490 e. The summed E-state index contributed by atoms with van der Waals surface area (Å²) in [5, 5.41) is 5.24. The van der Waals surface area contributed by atoms with Gasteiger partial charge in [0.05, 0.1) is 9.67 Å². The van der Waals surface area contributed by atoms with Gasteiger partial charge in [0.25, 0.3) is 5.89 Å². The maximum absolute atomic E-state index is 5.93. The summed E-state index contributed by atoms with van der Waals surface area (Å²) >= 11 is 2.26. The van der Waals surface area contributed by atoms with Crippen molar-refractivity contribution in [2.75, 3.05) is 0 Å². The SMILES string of the molecule is CC(C)Oc1ccc(-c2noc(-c3ccc4oc(C5CC5)cc4c3)n2)cc1I. The molecule has 1 fully saturated rings. The van der Waals surface area contributed by atoms with E-state index in [0.29, 0.717) is 17.6 Å². The molecule has 0 radical (unpaired) electrons. The first-order chi connectivity index (χ1) is 13.6. The van der Waals surface area contributed by atoms with Crippen LogP contribution in [0.3, 0.4) is 0 Å². The van der Waals surface area contributed by atoms with Crippen LogP contribution in [0.25, 0.3) is 33.8 Å². The Balaban J connectivity index is 1.44. The summed E-state index contributed by atoms with van der Waals surface area (Å²) < 4.78 is 18.3. The average Bonchev–Trinajstić information content (AvgIpc) is 3.25. The van der Waals surface area contributed by atoms with Gasteiger partial charge in [-0.3, -0.25) is 0 Å². The van der Waals surface area contributed by atoms with E-state index in [9.17, 15) is 0 Å². The molecule has 5 rings (SSSR count). The topological polar surface area (TPSA) is 61.3 Å². The molecule has 0 spiro atoms. The van der Waals surface area contributed by atoms with Gasteiger partial charge in [-0.1, -0.05) is 5.16 Å². The Kier molecular flexibility index (Phi) is 4.38. The largest absolute Gasteiger partial charge is 0.490 e. The molecule has 2 aromatic carbocycles. The van der Waals surface area contributed by atoms with E-state index >= 15 is 0 Å². The Morgan fingerprint density at radius 1 is 1.07 bits per heavy atom. The van der Waals surface area contributed by atoms with Crippen LogP contribution in [0.15, 0.2) is 51.4 Å². The molecule has 0 bridgehead atoms. The highest BCUT2D eigenvalue weighted by Crippen LogP contribution is 2.42. The number of fused-ring (bicyclic) bond motifs is 1. The van der Waals surface area contributed by atoms with E-state index in [1.165, 1.54) is 12.8 Å². The lowest BCUT2D eigenvalue weighted by Gasteiger charge is -2.11. The summed E-state index contributed by atoms with van der Waals surface area (Å²) in [7, 11) is 0. The fourth-order valence-corrected chi connectivity index (χ4v) is 3.86. The molecule has 0 atom stereocenters. The number of hydrogen-bond acceptors (Lipinski definition) is 5. The predicted molar refractivity (Wildman–Crippen MR) is 115 cm³/mol. The molecule has 142 valence electrons. The van der Waals surface area contributed by atoms with Crippen molar-refractivity contribution < 1.29 is 13.7 Å². The summed E-state index contributed by atoms with van der Waals surface area (Å²) in [4.78, 5) is 4.59. The third-order valence-electron chi connectivity index (χ3n) is 4.74. The van der Waals surface area contributed by atoms with Gasteiger partial charge in [0.2, 0.25) is 5.82 Å². The van der Waals surface area contributed by atoms with Gasteiger partial charge >= 0.3 is 0 Å². The van der Waals surface area contributed by atoms with Crippen LogP contribution in [-0.4, -0.2) is 16.2 Å². The Morgan fingerprint density at radius 3 is 2.64 bits per heavy atom. The molecule has 1 aliphatic carbocycles. The van der Waals surface area contributed by atoms with Crippen LogP contribution in [-0.2, 0) is 0 Å². The second kappa shape index (κ2) is 6.92. The van der Waals surface area contributed by atoms with Crippen molar-refractivity contribution in [3.63, 3.8) is 0 Å². The van der Waals surface area contributed by atoms with Gasteiger partial charge in [0, 0.05) is 22.4 Å². The smallest absolute Gasteiger partial charge is 0.258 e. The molecule has 0 amide bonds. The highest BCUT2D eigenvalue weighted by Gasteiger charge is 2.27. The standard InChI is InChI=1S/C22H19IN2O3/c1-12(2)26-19-8-5-14(10-17(19)23)21-24-22(28-25-21)15-6-7-18-16(9-15)11-20(27-18)13-3-4-13/h5-13H,3-4H2,1-2H3. The average molecular weight is 486 g/mol. The Morgan fingerprint density at radius 2 is 1.89 bits per heavy atom. The van der Waals surface area contributed by atoms with Crippen molar-refractivity contribution in [3.05, 3.63) is 51.8 Å². The Hall–Kier alpha value is -2.35. The molecule has 1 aliphatic rings. The monoisotopic (exact) mass is 486 g/mol. The van der Waals surface area contributed by atoms with Crippen molar-refractivity contribution in [1.82, 2.24) is 10.1 Å². The Labute approximate surface area is 176 Å². The third-order valence-corrected chi connectivity index (χ3v) is 5.58. The molecular weight excluding hydrogens is 467 g/mol. The number of aromatic nitrogens is 2. The minimum atomic E-state index is 0.134. The van der Waals surface area contributed by atoms with Crippen LogP contribution in [0, 0.1) is 3.57 Å². The number of halogens is 1. The fourth-order valence-electron chi connectivity index (χ4n) is 3.21. The van der Waals surface area contributed by atoms with Gasteiger partial charge in [-0.05, 0) is 91.7 Å². The van der Waals surface area contributed by atoms with Crippen LogP contribution in [0.4, 0.5) is 0 Å². The van der Waals surface area contributed by atoms with E-state index < -0.39 is 0 Å². The van der Waals surface area contributed by atoms with Crippen molar-refractivity contribution in [1.29, 1.82) is 0 Å². The van der Waals surface area contributed by atoms with Gasteiger partial charge in [-0.2, -0.15) is 4.98 Å². The molecule has 1 saturated carbocycles. The molecule has 2 aromatic heterocycles. The highest BCUT2D eigenvalue weighted by atomic mass is 127. The van der Waals surface area contributed by atoms with E-state index in [1.54, 1.807) is 0 Å². The van der Waals surface area contributed by atoms with Crippen molar-refractivity contribution in [2.24, 2.45) is 0 Å². The first-order valence-electron chi connectivity index (χ1n) is 9.41. The number of benzene rings is 2. The maximum atomic E-state index is 5.93. The number of rotatable bonds is 5. The second-order valence-electron chi connectivity index (χ2n) is 7.41. The number of nitrogens with zero attached hydrogens (tertiary/aromatic N) is 2. The quantitative estimate of drug-likeness (QED) is 0.305. The lowest BCUT2D eigenvalue weighted by atomic mass is 10.1. The first-order valence-corrected chi connectivity index (χ1v) is 10.5. The van der Waals surface area contributed by atoms with Gasteiger partial charge in [-0.15, -0.1) is 0 Å². The summed E-state index contributed by atoms with van der Waals surface area (Å²) in [5.74, 6) is 3.60. The van der Waals surface area contributed by atoms with E-state index in [2.05, 4.69) is 38.8 Å². The fraction of sp³-hybridized carbons (Fsp3) is 0.273.